The van der Waals surface area contributed by atoms with Gasteiger partial charge in [-0.05, 0) is 32.6 Å². The summed E-state index contributed by atoms with van der Waals surface area (Å²) >= 11 is 0. The van der Waals surface area contributed by atoms with Crippen LogP contribution in [0.25, 0.3) is 0 Å². The number of nitrogens with one attached hydrogen (secondary N) is 1. The van der Waals surface area contributed by atoms with Gasteiger partial charge in [0.05, 0.1) is 13.2 Å². The topological polar surface area (TPSA) is 53.5 Å². The van der Waals surface area contributed by atoms with Crippen molar-refractivity contribution in [1.29, 1.82) is 0 Å². The summed E-state index contributed by atoms with van der Waals surface area (Å²) in [4.78, 5) is 13.4. The van der Waals surface area contributed by atoms with Crippen molar-refractivity contribution < 1.29 is 4.74 Å². The zero-order valence-electron chi connectivity index (χ0n) is 15.3. The van der Waals surface area contributed by atoms with E-state index in [1.54, 1.807) is 0 Å². The molecule has 2 aromatic rings. The van der Waals surface area contributed by atoms with Crippen molar-refractivity contribution in [3.63, 3.8) is 0 Å². The summed E-state index contributed by atoms with van der Waals surface area (Å²) in [6.07, 6.45) is 3.81. The van der Waals surface area contributed by atoms with Gasteiger partial charge in [0.1, 0.15) is 0 Å². The first kappa shape index (κ1) is 17.6. The number of benzene rings is 1. The fourth-order valence-electron chi connectivity index (χ4n) is 2.93. The summed E-state index contributed by atoms with van der Waals surface area (Å²) in [6, 6.07) is 6.52. The van der Waals surface area contributed by atoms with Gasteiger partial charge in [0.2, 0.25) is 5.95 Å². The fraction of sp³-hybridized carbons (Fsp3) is 0.474. The SMILES string of the molecule is Cc1ccc(NCc2cnc(N3CCOCC3)nc2)c(CN(C)C)c1. The summed E-state index contributed by atoms with van der Waals surface area (Å²) in [5.74, 6) is 0.788. The summed E-state index contributed by atoms with van der Waals surface area (Å²) in [6.45, 7) is 6.96. The molecule has 0 unspecified atom stereocenters. The highest BCUT2D eigenvalue weighted by molar-refractivity contribution is 5.53. The van der Waals surface area contributed by atoms with E-state index >= 15 is 0 Å². The second-order valence-electron chi connectivity index (χ2n) is 6.74. The van der Waals surface area contributed by atoms with E-state index in [0.29, 0.717) is 6.54 Å². The van der Waals surface area contributed by atoms with Gasteiger partial charge in [0.25, 0.3) is 0 Å². The highest BCUT2D eigenvalue weighted by atomic mass is 16.5. The van der Waals surface area contributed by atoms with Crippen LogP contribution < -0.4 is 10.2 Å². The molecule has 0 spiro atoms. The number of anilines is 2. The molecule has 134 valence electrons. The van der Waals surface area contributed by atoms with Gasteiger partial charge in [-0.25, -0.2) is 9.97 Å². The van der Waals surface area contributed by atoms with Gasteiger partial charge in [-0.2, -0.15) is 0 Å². The maximum atomic E-state index is 5.37. The van der Waals surface area contributed by atoms with Crippen LogP contribution in [0.5, 0.6) is 0 Å². The maximum Gasteiger partial charge on any atom is 0.225 e. The molecule has 0 saturated carbocycles. The number of hydrogen-bond donors (Lipinski definition) is 1. The highest BCUT2D eigenvalue weighted by Gasteiger charge is 2.13. The highest BCUT2D eigenvalue weighted by Crippen LogP contribution is 2.20. The van der Waals surface area contributed by atoms with Crippen molar-refractivity contribution >= 4 is 11.6 Å². The van der Waals surface area contributed by atoms with Gasteiger partial charge in [-0.15, -0.1) is 0 Å². The third-order valence-corrected chi connectivity index (χ3v) is 4.22. The molecule has 6 heteroatoms. The van der Waals surface area contributed by atoms with Crippen molar-refractivity contribution in [3.8, 4) is 0 Å². The molecule has 1 N–H and O–H groups in total. The number of morpholine rings is 1. The minimum absolute atomic E-state index is 0.715. The van der Waals surface area contributed by atoms with Crippen LogP contribution >= 0.6 is 0 Å². The van der Waals surface area contributed by atoms with Crippen LogP contribution in [0.1, 0.15) is 16.7 Å². The van der Waals surface area contributed by atoms with Crippen molar-refractivity contribution in [2.45, 2.75) is 20.0 Å². The first-order chi connectivity index (χ1) is 12.1. The van der Waals surface area contributed by atoms with Crippen molar-refractivity contribution in [2.24, 2.45) is 0 Å². The lowest BCUT2D eigenvalue weighted by atomic mass is 10.1. The van der Waals surface area contributed by atoms with Crippen molar-refractivity contribution in [2.75, 3.05) is 50.6 Å². The Bertz CT molecular complexity index is 681. The molecule has 6 nitrogen and oxygen atoms in total. The molecule has 0 amide bonds. The third kappa shape index (κ3) is 4.90. The second-order valence-corrected chi connectivity index (χ2v) is 6.74. The van der Waals surface area contributed by atoms with Crippen LogP contribution in [-0.4, -0.2) is 55.3 Å². The molecular weight excluding hydrogens is 314 g/mol. The zero-order valence-corrected chi connectivity index (χ0v) is 15.3. The molecule has 3 rings (SSSR count). The van der Waals surface area contributed by atoms with E-state index in [9.17, 15) is 0 Å². The average Bonchev–Trinajstić information content (AvgIpc) is 2.62. The number of ether oxygens (including phenoxy) is 1. The molecule has 1 aliphatic rings. The summed E-state index contributed by atoms with van der Waals surface area (Å²) in [5, 5.41) is 3.52. The molecule has 0 aliphatic carbocycles. The van der Waals surface area contributed by atoms with E-state index in [0.717, 1.165) is 50.0 Å². The lowest BCUT2D eigenvalue weighted by molar-refractivity contribution is 0.122. The van der Waals surface area contributed by atoms with Gasteiger partial charge in [0, 0.05) is 49.8 Å². The van der Waals surface area contributed by atoms with Gasteiger partial charge in [0.15, 0.2) is 0 Å². The number of aryl methyl sites for hydroxylation is 1. The quantitative estimate of drug-likeness (QED) is 0.870. The van der Waals surface area contributed by atoms with E-state index in [4.69, 9.17) is 4.74 Å². The minimum atomic E-state index is 0.715. The lowest BCUT2D eigenvalue weighted by Crippen LogP contribution is -2.37. The van der Waals surface area contributed by atoms with Crippen LogP contribution in [0.3, 0.4) is 0 Å². The van der Waals surface area contributed by atoms with Crippen LogP contribution in [0, 0.1) is 6.92 Å². The van der Waals surface area contributed by atoms with E-state index in [-0.39, 0.29) is 0 Å². The summed E-state index contributed by atoms with van der Waals surface area (Å²) in [5.41, 5.74) is 4.82. The Morgan fingerprint density at radius 3 is 2.56 bits per heavy atom. The Kier molecular flexibility index (Phi) is 5.83. The maximum absolute atomic E-state index is 5.37. The largest absolute Gasteiger partial charge is 0.381 e. The smallest absolute Gasteiger partial charge is 0.225 e. The lowest BCUT2D eigenvalue weighted by Gasteiger charge is -2.26. The van der Waals surface area contributed by atoms with Crippen LogP contribution in [0.2, 0.25) is 0 Å². The molecule has 0 atom stereocenters. The molecule has 0 bridgehead atoms. The summed E-state index contributed by atoms with van der Waals surface area (Å²) in [7, 11) is 4.18. The van der Waals surface area contributed by atoms with Gasteiger partial charge < -0.3 is 19.9 Å². The van der Waals surface area contributed by atoms with Crippen LogP contribution in [0.15, 0.2) is 30.6 Å². The number of aromatic nitrogens is 2. The molecule has 2 heterocycles. The Morgan fingerprint density at radius 1 is 1.16 bits per heavy atom. The minimum Gasteiger partial charge on any atom is -0.381 e. The Labute approximate surface area is 149 Å². The van der Waals surface area contributed by atoms with Crippen LogP contribution in [0.4, 0.5) is 11.6 Å². The third-order valence-electron chi connectivity index (χ3n) is 4.22. The Morgan fingerprint density at radius 2 is 1.88 bits per heavy atom. The van der Waals surface area contributed by atoms with Crippen molar-refractivity contribution in [1.82, 2.24) is 14.9 Å². The van der Waals surface area contributed by atoms with E-state index in [1.807, 2.05) is 12.4 Å². The first-order valence-electron chi connectivity index (χ1n) is 8.73. The van der Waals surface area contributed by atoms with E-state index < -0.39 is 0 Å². The van der Waals surface area contributed by atoms with Gasteiger partial charge in [-0.1, -0.05) is 17.7 Å². The molecule has 1 aromatic carbocycles. The predicted octanol–water partition coefficient (Wildman–Crippen LogP) is 2.30. The van der Waals surface area contributed by atoms with Gasteiger partial charge >= 0.3 is 0 Å². The normalized spacial score (nSPS) is 14.8. The van der Waals surface area contributed by atoms with Gasteiger partial charge in [-0.3, -0.25) is 0 Å². The molecule has 1 aliphatic heterocycles. The Hall–Kier alpha value is -2.18. The molecule has 1 fully saturated rings. The predicted molar refractivity (Wildman–Crippen MR) is 101 cm³/mol. The number of rotatable bonds is 6. The molecule has 25 heavy (non-hydrogen) atoms. The molecule has 1 aromatic heterocycles. The molecular formula is C19H27N5O. The van der Waals surface area contributed by atoms with Crippen LogP contribution in [-0.2, 0) is 17.8 Å². The fourth-order valence-corrected chi connectivity index (χ4v) is 2.93. The summed E-state index contributed by atoms with van der Waals surface area (Å²) < 4.78 is 5.37. The van der Waals surface area contributed by atoms with E-state index in [2.05, 4.69) is 64.3 Å². The molecule has 0 radical (unpaired) electrons. The monoisotopic (exact) mass is 341 g/mol. The van der Waals surface area contributed by atoms with E-state index in [1.165, 1.54) is 11.1 Å². The number of nitrogens with zero attached hydrogens (tertiary/aromatic N) is 4. The Balaban J connectivity index is 1.63. The standard InChI is InChI=1S/C19H27N5O/c1-15-4-5-18(17(10-15)14-23(2)3)20-11-16-12-21-19(22-13-16)24-6-8-25-9-7-24/h4-5,10,12-13,20H,6-9,11,14H2,1-3H3. The van der Waals surface area contributed by atoms with Crippen molar-refractivity contribution in [3.05, 3.63) is 47.3 Å². The number of hydrogen-bond acceptors (Lipinski definition) is 6. The molecule has 1 saturated heterocycles. The first-order valence-corrected chi connectivity index (χ1v) is 8.73. The average molecular weight is 341 g/mol. The zero-order chi connectivity index (χ0) is 17.6. The second kappa shape index (κ2) is 8.27.